The second kappa shape index (κ2) is 6.65. The minimum absolute atomic E-state index is 0.0987. The molecule has 0 aliphatic heterocycles. The molecule has 21 heavy (non-hydrogen) atoms. The molecule has 1 aromatic carbocycles. The van der Waals surface area contributed by atoms with E-state index in [1.807, 2.05) is 0 Å². The van der Waals surface area contributed by atoms with Crippen LogP contribution in [-0.2, 0) is 14.8 Å². The lowest BCUT2D eigenvalue weighted by atomic mass is 10.2. The van der Waals surface area contributed by atoms with Gasteiger partial charge in [0.25, 0.3) is 5.92 Å². The first-order valence-electron chi connectivity index (χ1n) is 5.58. The van der Waals surface area contributed by atoms with E-state index in [0.29, 0.717) is 0 Å². The molecule has 0 fully saturated rings. The molecule has 10 heteroatoms. The fraction of sp³-hybridized carbons (Fsp3) is 0.364. The van der Waals surface area contributed by atoms with Gasteiger partial charge in [-0.05, 0) is 18.2 Å². The fourth-order valence-corrected chi connectivity index (χ4v) is 2.76. The number of rotatable bonds is 6. The number of methoxy groups -OCH3 is 1. The van der Waals surface area contributed by atoms with E-state index in [0.717, 1.165) is 19.2 Å². The average molecular weight is 343 g/mol. The van der Waals surface area contributed by atoms with E-state index >= 15 is 0 Å². The highest BCUT2D eigenvalue weighted by atomic mass is 35.5. The number of hydrogen-bond donors (Lipinski definition) is 2. The zero-order chi connectivity index (χ0) is 16.3. The number of ether oxygens (including phenoxy) is 1. The van der Waals surface area contributed by atoms with Gasteiger partial charge in [0.15, 0.2) is 0 Å². The molecular weight excluding hydrogens is 330 g/mol. The van der Waals surface area contributed by atoms with Crippen molar-refractivity contribution in [2.24, 2.45) is 5.73 Å². The smallest absolute Gasteiger partial charge is 0.339 e. The SMILES string of the molecule is COC(=O)c1cc(Cl)ccc1S(=O)(=O)NCC(F)(F)CN. The van der Waals surface area contributed by atoms with Gasteiger partial charge in [-0.1, -0.05) is 11.6 Å². The Morgan fingerprint density at radius 3 is 2.62 bits per heavy atom. The Balaban J connectivity index is 3.17. The van der Waals surface area contributed by atoms with E-state index in [1.165, 1.54) is 6.07 Å². The van der Waals surface area contributed by atoms with Crippen molar-refractivity contribution >= 4 is 27.6 Å². The van der Waals surface area contributed by atoms with E-state index in [4.69, 9.17) is 17.3 Å². The van der Waals surface area contributed by atoms with Crippen molar-refractivity contribution in [1.29, 1.82) is 0 Å². The van der Waals surface area contributed by atoms with Crippen LogP contribution in [0, 0.1) is 0 Å². The topological polar surface area (TPSA) is 98.5 Å². The summed E-state index contributed by atoms with van der Waals surface area (Å²) in [6.45, 7) is -2.20. The molecule has 0 amide bonds. The zero-order valence-corrected chi connectivity index (χ0v) is 12.5. The molecule has 6 nitrogen and oxygen atoms in total. The van der Waals surface area contributed by atoms with Gasteiger partial charge in [0.05, 0.1) is 30.7 Å². The predicted molar refractivity (Wildman–Crippen MR) is 72.0 cm³/mol. The Bertz CT molecular complexity index is 637. The Labute approximate surface area is 125 Å². The van der Waals surface area contributed by atoms with Gasteiger partial charge in [-0.25, -0.2) is 26.7 Å². The minimum atomic E-state index is -4.35. The number of carbonyl (C=O) groups excluding carboxylic acids is 1. The number of alkyl halides is 2. The van der Waals surface area contributed by atoms with Crippen LogP contribution >= 0.6 is 11.6 Å². The first kappa shape index (κ1) is 17.8. The molecule has 0 unspecified atom stereocenters. The van der Waals surface area contributed by atoms with Gasteiger partial charge in [-0.15, -0.1) is 0 Å². The summed E-state index contributed by atoms with van der Waals surface area (Å²) < 4.78 is 56.2. The summed E-state index contributed by atoms with van der Waals surface area (Å²) in [6, 6.07) is 3.31. The molecule has 0 aliphatic rings. The monoisotopic (exact) mass is 342 g/mol. The third-order valence-corrected chi connectivity index (χ3v) is 4.15. The molecule has 0 aromatic heterocycles. The van der Waals surface area contributed by atoms with Gasteiger partial charge in [0, 0.05) is 5.02 Å². The van der Waals surface area contributed by atoms with Crippen LogP contribution in [0.3, 0.4) is 0 Å². The molecule has 0 radical (unpaired) electrons. The third kappa shape index (κ3) is 4.60. The molecule has 1 rings (SSSR count). The maximum Gasteiger partial charge on any atom is 0.339 e. The average Bonchev–Trinajstić information content (AvgIpc) is 2.44. The molecule has 0 heterocycles. The van der Waals surface area contributed by atoms with Crippen molar-refractivity contribution in [3.05, 3.63) is 28.8 Å². The molecule has 1 aromatic rings. The number of nitrogens with one attached hydrogen (secondary N) is 1. The maximum atomic E-state index is 13.0. The van der Waals surface area contributed by atoms with Crippen molar-refractivity contribution in [2.75, 3.05) is 20.2 Å². The Hall–Kier alpha value is -1.29. The molecule has 0 aliphatic carbocycles. The molecular formula is C11H13ClF2N2O4S. The summed E-state index contributed by atoms with van der Waals surface area (Å²) in [6.07, 6.45) is 0. The molecule has 3 N–H and O–H groups in total. The van der Waals surface area contributed by atoms with Crippen molar-refractivity contribution in [3.63, 3.8) is 0 Å². The van der Waals surface area contributed by atoms with Crippen molar-refractivity contribution in [2.45, 2.75) is 10.8 Å². The number of benzene rings is 1. The Morgan fingerprint density at radius 1 is 1.48 bits per heavy atom. The summed E-state index contributed by atoms with van der Waals surface area (Å²) in [5.41, 5.74) is 4.46. The van der Waals surface area contributed by atoms with Crippen LogP contribution in [0.15, 0.2) is 23.1 Å². The minimum Gasteiger partial charge on any atom is -0.465 e. The second-order valence-electron chi connectivity index (χ2n) is 4.02. The Morgan fingerprint density at radius 2 is 2.10 bits per heavy atom. The van der Waals surface area contributed by atoms with E-state index in [1.54, 1.807) is 4.72 Å². The zero-order valence-electron chi connectivity index (χ0n) is 10.9. The highest BCUT2D eigenvalue weighted by Crippen LogP contribution is 2.22. The highest BCUT2D eigenvalue weighted by molar-refractivity contribution is 7.89. The van der Waals surface area contributed by atoms with Crippen LogP contribution in [0.4, 0.5) is 8.78 Å². The quantitative estimate of drug-likeness (QED) is 0.751. The van der Waals surface area contributed by atoms with Gasteiger partial charge in [-0.2, -0.15) is 0 Å². The lowest BCUT2D eigenvalue weighted by Gasteiger charge is -2.16. The van der Waals surface area contributed by atoms with E-state index in [-0.39, 0.29) is 10.6 Å². The van der Waals surface area contributed by atoms with E-state index in [2.05, 4.69) is 4.74 Å². The van der Waals surface area contributed by atoms with Crippen molar-refractivity contribution < 1.29 is 26.7 Å². The number of hydrogen-bond acceptors (Lipinski definition) is 5. The van der Waals surface area contributed by atoms with Crippen LogP contribution in [0.1, 0.15) is 10.4 Å². The van der Waals surface area contributed by atoms with Crippen LogP contribution in [0.2, 0.25) is 5.02 Å². The summed E-state index contributed by atoms with van der Waals surface area (Å²) in [7, 11) is -3.30. The maximum absolute atomic E-state index is 13.0. The van der Waals surface area contributed by atoms with Crippen LogP contribution in [-0.4, -0.2) is 40.5 Å². The van der Waals surface area contributed by atoms with E-state index < -0.39 is 39.9 Å². The highest BCUT2D eigenvalue weighted by Gasteiger charge is 2.31. The standard InChI is InChI=1S/C11H13ClF2N2O4S/c1-20-10(17)8-4-7(12)2-3-9(8)21(18,19)16-6-11(13,14)5-15/h2-4,16H,5-6,15H2,1H3. The first-order valence-corrected chi connectivity index (χ1v) is 7.44. The van der Waals surface area contributed by atoms with Gasteiger partial charge in [0.2, 0.25) is 10.0 Å². The normalized spacial score (nSPS) is 12.2. The lowest BCUT2D eigenvalue weighted by Crippen LogP contribution is -2.41. The number of halogens is 3. The molecule has 0 atom stereocenters. The van der Waals surface area contributed by atoms with Gasteiger partial charge in [-0.3, -0.25) is 0 Å². The summed E-state index contributed by atoms with van der Waals surface area (Å²) in [4.78, 5) is 11.0. The number of nitrogens with two attached hydrogens (primary N) is 1. The van der Waals surface area contributed by atoms with Crippen LogP contribution in [0.5, 0.6) is 0 Å². The van der Waals surface area contributed by atoms with E-state index in [9.17, 15) is 22.0 Å². The molecule has 118 valence electrons. The molecule has 0 bridgehead atoms. The number of esters is 1. The Kier molecular flexibility index (Phi) is 5.62. The van der Waals surface area contributed by atoms with Gasteiger partial charge in [0.1, 0.15) is 0 Å². The summed E-state index contributed by atoms with van der Waals surface area (Å²) >= 11 is 5.68. The first-order chi connectivity index (χ1) is 9.63. The second-order valence-corrected chi connectivity index (χ2v) is 6.19. The molecule has 0 saturated carbocycles. The molecule has 0 saturated heterocycles. The van der Waals surface area contributed by atoms with Crippen LogP contribution < -0.4 is 10.5 Å². The largest absolute Gasteiger partial charge is 0.465 e. The van der Waals surface area contributed by atoms with Crippen molar-refractivity contribution in [3.8, 4) is 0 Å². The van der Waals surface area contributed by atoms with Crippen LogP contribution in [0.25, 0.3) is 0 Å². The molecule has 0 spiro atoms. The van der Waals surface area contributed by atoms with Gasteiger partial charge >= 0.3 is 5.97 Å². The van der Waals surface area contributed by atoms with Crippen molar-refractivity contribution in [1.82, 2.24) is 4.72 Å². The number of carbonyl (C=O) groups is 1. The third-order valence-electron chi connectivity index (χ3n) is 2.46. The lowest BCUT2D eigenvalue weighted by molar-refractivity contribution is 0.0170. The summed E-state index contributed by atoms with van der Waals surface area (Å²) in [5, 5.41) is 0.0987. The number of sulfonamides is 1. The summed E-state index contributed by atoms with van der Waals surface area (Å²) in [5.74, 6) is -4.35. The fourth-order valence-electron chi connectivity index (χ4n) is 1.36. The van der Waals surface area contributed by atoms with Gasteiger partial charge < -0.3 is 10.5 Å². The predicted octanol–water partition coefficient (Wildman–Crippen LogP) is 0.999.